The molecule has 0 radical (unpaired) electrons. The number of methoxy groups -OCH3 is 2. The topological polar surface area (TPSA) is 153 Å². The minimum absolute atomic E-state index is 0.111. The minimum atomic E-state index is -0.960. The molecule has 1 atom stereocenters. The van der Waals surface area contributed by atoms with Gasteiger partial charge in [0, 0.05) is 38.6 Å². The molecular formula is C35H30BrClN6O7S2. The van der Waals surface area contributed by atoms with Crippen LogP contribution in [0.2, 0.25) is 5.02 Å². The minimum Gasteiger partial charge on any atom is -0.493 e. The Morgan fingerprint density at radius 2 is 1.87 bits per heavy atom. The van der Waals surface area contributed by atoms with Crippen molar-refractivity contribution in [1.29, 1.82) is 0 Å². The van der Waals surface area contributed by atoms with Gasteiger partial charge in [0.05, 0.1) is 47.6 Å². The molecule has 0 unspecified atom stereocenters. The molecule has 17 heteroatoms. The molecule has 0 amide bonds. The second kappa shape index (κ2) is 15.5. The Kier molecular flexibility index (Phi) is 11.0. The van der Waals surface area contributed by atoms with Crippen molar-refractivity contribution < 1.29 is 23.9 Å². The van der Waals surface area contributed by atoms with Crippen molar-refractivity contribution in [1.82, 2.24) is 19.3 Å². The lowest BCUT2D eigenvalue weighted by Gasteiger charge is -2.26. The molecule has 0 saturated heterocycles. The van der Waals surface area contributed by atoms with E-state index in [4.69, 9.17) is 25.8 Å². The van der Waals surface area contributed by atoms with Crippen LogP contribution in [0, 0.1) is 10.1 Å². The van der Waals surface area contributed by atoms with E-state index in [-0.39, 0.29) is 22.4 Å². The number of nitrogens with zero attached hydrogens (tertiary/aromatic N) is 6. The van der Waals surface area contributed by atoms with Gasteiger partial charge in [0.15, 0.2) is 27.3 Å². The monoisotopic (exact) mass is 824 g/mol. The fraction of sp³-hybridized carbons (Fsp3) is 0.229. The molecule has 0 aliphatic carbocycles. The number of carbonyl (C=O) groups is 1. The molecule has 0 bridgehead atoms. The van der Waals surface area contributed by atoms with Gasteiger partial charge in [-0.3, -0.25) is 19.5 Å². The van der Waals surface area contributed by atoms with E-state index in [1.165, 1.54) is 42.7 Å². The van der Waals surface area contributed by atoms with Crippen LogP contribution < -0.4 is 24.4 Å². The van der Waals surface area contributed by atoms with Crippen LogP contribution in [-0.4, -0.2) is 51.1 Å². The molecule has 3 heterocycles. The van der Waals surface area contributed by atoms with E-state index in [0.717, 1.165) is 16.9 Å². The maximum absolute atomic E-state index is 14.5. The van der Waals surface area contributed by atoms with Crippen molar-refractivity contribution in [2.45, 2.75) is 43.4 Å². The first-order valence-corrected chi connectivity index (χ1v) is 18.6. The molecule has 1 aliphatic heterocycles. The lowest BCUT2D eigenvalue weighted by Crippen LogP contribution is -2.40. The average Bonchev–Trinajstić information content (AvgIpc) is 3.67. The van der Waals surface area contributed by atoms with Crippen molar-refractivity contribution >= 4 is 68.4 Å². The van der Waals surface area contributed by atoms with Crippen LogP contribution in [0.3, 0.4) is 0 Å². The van der Waals surface area contributed by atoms with Gasteiger partial charge in [-0.05, 0) is 80.1 Å². The zero-order valence-corrected chi connectivity index (χ0v) is 32.4. The Morgan fingerprint density at radius 1 is 1.12 bits per heavy atom. The average molecular weight is 826 g/mol. The standard InChI is InChI=1S/C35H30BrClN6O7S2/c1-6-41-31(19-9-8-10-21(37)13-19)39-40-35(41)51-27-12-11-22(43(46)47)14-20(27)15-28-32(44)42-30(23-16-25(48-4)26(49-5)17-24(23)36)29(33(45)50-7-2)18(3)38-34(42)52-28/h8-17,30H,6-7H2,1-5H3/b28-15+/t30-/m1/s1. The number of benzene rings is 3. The quantitative estimate of drug-likeness (QED) is 0.0813. The molecule has 52 heavy (non-hydrogen) atoms. The van der Waals surface area contributed by atoms with Gasteiger partial charge in [-0.1, -0.05) is 51.0 Å². The third-order valence-electron chi connectivity index (χ3n) is 8.12. The highest BCUT2D eigenvalue weighted by Crippen LogP contribution is 2.41. The van der Waals surface area contributed by atoms with Gasteiger partial charge in [-0.25, -0.2) is 9.79 Å². The Balaban J connectivity index is 1.53. The van der Waals surface area contributed by atoms with E-state index < -0.39 is 22.5 Å². The molecule has 0 N–H and O–H groups in total. The first kappa shape index (κ1) is 37.0. The second-order valence-electron chi connectivity index (χ2n) is 11.2. The Hall–Kier alpha value is -4.77. The van der Waals surface area contributed by atoms with Crippen molar-refractivity contribution in [3.8, 4) is 22.9 Å². The summed E-state index contributed by atoms with van der Waals surface area (Å²) in [6, 6.07) is 14.1. The molecule has 268 valence electrons. The predicted molar refractivity (Wildman–Crippen MR) is 201 cm³/mol. The molecule has 2 aromatic heterocycles. The molecule has 0 fully saturated rings. The van der Waals surface area contributed by atoms with Gasteiger partial charge < -0.3 is 18.8 Å². The number of rotatable bonds is 11. The first-order valence-electron chi connectivity index (χ1n) is 15.8. The molecule has 13 nitrogen and oxygen atoms in total. The Bertz CT molecular complexity index is 2460. The lowest BCUT2D eigenvalue weighted by atomic mass is 9.95. The SMILES string of the molecule is CCOC(=O)C1=C(C)N=c2s/c(=C/c3cc([N+](=O)[O-])ccc3Sc3nnc(-c4cccc(Cl)c4)n3CC)c(=O)n2[C@@H]1c1cc(OC)c(OC)cc1Br. The highest BCUT2D eigenvalue weighted by Gasteiger charge is 2.35. The predicted octanol–water partition coefficient (Wildman–Crippen LogP) is 6.57. The third-order valence-corrected chi connectivity index (χ3v) is 11.1. The zero-order chi connectivity index (χ0) is 37.3. The summed E-state index contributed by atoms with van der Waals surface area (Å²) in [5.41, 5.74) is 1.65. The number of esters is 1. The molecule has 5 aromatic rings. The molecule has 0 saturated carbocycles. The first-order chi connectivity index (χ1) is 25.0. The van der Waals surface area contributed by atoms with Crippen LogP contribution in [0.1, 0.15) is 37.9 Å². The maximum Gasteiger partial charge on any atom is 0.338 e. The van der Waals surface area contributed by atoms with E-state index in [0.29, 0.717) is 65.0 Å². The molecule has 3 aromatic carbocycles. The van der Waals surface area contributed by atoms with Crippen LogP contribution in [0.5, 0.6) is 11.5 Å². The van der Waals surface area contributed by atoms with E-state index in [1.54, 1.807) is 50.3 Å². The number of non-ortho nitro benzene ring substituents is 1. The van der Waals surface area contributed by atoms with Gasteiger partial charge in [-0.15, -0.1) is 10.2 Å². The highest BCUT2D eigenvalue weighted by molar-refractivity contribution is 9.10. The number of hydrogen-bond donors (Lipinski definition) is 0. The van der Waals surface area contributed by atoms with Crippen LogP contribution in [0.4, 0.5) is 5.69 Å². The molecular weight excluding hydrogens is 796 g/mol. The summed E-state index contributed by atoms with van der Waals surface area (Å²) in [7, 11) is 3.00. The van der Waals surface area contributed by atoms with Crippen molar-refractivity contribution in [2.75, 3.05) is 20.8 Å². The van der Waals surface area contributed by atoms with Gasteiger partial charge in [0.1, 0.15) is 0 Å². The number of nitro groups is 1. The summed E-state index contributed by atoms with van der Waals surface area (Å²) in [5.74, 6) is 0.813. The van der Waals surface area contributed by atoms with Gasteiger partial charge in [0.25, 0.3) is 11.2 Å². The molecule has 1 aliphatic rings. The summed E-state index contributed by atoms with van der Waals surface area (Å²) in [5, 5.41) is 21.8. The summed E-state index contributed by atoms with van der Waals surface area (Å²) >= 11 is 12.2. The van der Waals surface area contributed by atoms with E-state index >= 15 is 0 Å². The van der Waals surface area contributed by atoms with Gasteiger partial charge in [-0.2, -0.15) is 0 Å². The largest absolute Gasteiger partial charge is 0.493 e. The van der Waals surface area contributed by atoms with E-state index in [9.17, 15) is 19.7 Å². The number of allylic oxidation sites excluding steroid dienone is 1. The number of aromatic nitrogens is 4. The molecule has 6 rings (SSSR count). The normalized spacial score (nSPS) is 14.2. The van der Waals surface area contributed by atoms with Crippen molar-refractivity contribution in [3.05, 3.63) is 116 Å². The number of nitro benzene ring substituents is 1. The van der Waals surface area contributed by atoms with Gasteiger partial charge >= 0.3 is 5.97 Å². The Labute approximate surface area is 318 Å². The fourth-order valence-corrected chi connectivity index (χ4v) is 8.49. The van der Waals surface area contributed by atoms with Crippen LogP contribution in [0.15, 0.2) is 90.2 Å². The number of ether oxygens (including phenoxy) is 3. The van der Waals surface area contributed by atoms with Gasteiger partial charge in [0.2, 0.25) is 0 Å². The van der Waals surface area contributed by atoms with E-state index in [2.05, 4.69) is 31.1 Å². The summed E-state index contributed by atoms with van der Waals surface area (Å²) in [6.07, 6.45) is 1.59. The Morgan fingerprint density at radius 3 is 2.54 bits per heavy atom. The van der Waals surface area contributed by atoms with Crippen molar-refractivity contribution in [2.24, 2.45) is 4.99 Å². The maximum atomic E-state index is 14.5. The van der Waals surface area contributed by atoms with Crippen LogP contribution in [-0.2, 0) is 16.1 Å². The van der Waals surface area contributed by atoms with Crippen molar-refractivity contribution in [3.63, 3.8) is 0 Å². The fourth-order valence-electron chi connectivity index (χ4n) is 5.75. The number of halogens is 2. The van der Waals surface area contributed by atoms with Crippen LogP contribution >= 0.6 is 50.6 Å². The third kappa shape index (κ3) is 7.02. The summed E-state index contributed by atoms with van der Waals surface area (Å²) in [4.78, 5) is 44.9. The number of thiazole rings is 1. The zero-order valence-electron chi connectivity index (χ0n) is 28.4. The molecule has 0 spiro atoms. The number of hydrogen-bond acceptors (Lipinski definition) is 12. The number of fused-ring (bicyclic) bond motifs is 1. The lowest BCUT2D eigenvalue weighted by molar-refractivity contribution is -0.384. The van der Waals surface area contributed by atoms with Crippen LogP contribution in [0.25, 0.3) is 17.5 Å². The van der Waals surface area contributed by atoms with E-state index in [1.807, 2.05) is 23.6 Å². The second-order valence-corrected chi connectivity index (χ2v) is 14.5. The summed E-state index contributed by atoms with van der Waals surface area (Å²) < 4.78 is 20.6. The summed E-state index contributed by atoms with van der Waals surface area (Å²) in [6.45, 7) is 5.98. The highest BCUT2D eigenvalue weighted by atomic mass is 79.9. The number of carbonyl (C=O) groups excluding carboxylic acids is 1. The smallest absolute Gasteiger partial charge is 0.338 e.